The molecule has 4 fully saturated rings. The van der Waals surface area contributed by atoms with Crippen LogP contribution >= 0.6 is 0 Å². The topological polar surface area (TPSA) is 91.0 Å². The molecule has 4 heterocycles. The number of nitrogens with one attached hydrogen (secondary N) is 2. The van der Waals surface area contributed by atoms with Crippen molar-refractivity contribution in [3.63, 3.8) is 0 Å². The van der Waals surface area contributed by atoms with E-state index in [2.05, 4.69) is 29.4 Å². The molecule has 0 radical (unpaired) electrons. The molecule has 1 saturated carbocycles. The van der Waals surface area contributed by atoms with Crippen LogP contribution in [0, 0.1) is 24.7 Å². The number of rotatable bonds is 7. The maximum absolute atomic E-state index is 14.3. The fourth-order valence-corrected chi connectivity index (χ4v) is 7.95. The molecule has 39 heavy (non-hydrogen) atoms. The van der Waals surface area contributed by atoms with E-state index in [1.54, 1.807) is 4.90 Å². The van der Waals surface area contributed by atoms with E-state index in [4.69, 9.17) is 4.74 Å². The first-order chi connectivity index (χ1) is 18.8. The summed E-state index contributed by atoms with van der Waals surface area (Å²) >= 11 is 0. The highest BCUT2D eigenvalue weighted by Gasteiger charge is 2.73. The smallest absolute Gasteiger partial charge is 0.246 e. The zero-order chi connectivity index (χ0) is 27.3. The molecule has 4 aliphatic heterocycles. The fraction of sp³-hybridized carbons (Fsp3) is 0.645. The highest BCUT2D eigenvalue weighted by molar-refractivity contribution is 6.02. The van der Waals surface area contributed by atoms with Crippen LogP contribution in [0.5, 0.6) is 0 Å². The van der Waals surface area contributed by atoms with E-state index in [0.717, 1.165) is 50.8 Å². The number of carbonyl (C=O) groups excluding carboxylic acids is 3. The van der Waals surface area contributed by atoms with Gasteiger partial charge in [0.05, 0.1) is 17.9 Å². The highest BCUT2D eigenvalue weighted by atomic mass is 16.5. The second kappa shape index (κ2) is 10.4. The number of aryl methyl sites for hydroxylation is 1. The minimum atomic E-state index is -1.12. The molecule has 2 bridgehead atoms. The van der Waals surface area contributed by atoms with Crippen LogP contribution in [0.15, 0.2) is 36.4 Å². The Kier molecular flexibility index (Phi) is 7.04. The monoisotopic (exact) mass is 534 g/mol. The summed E-state index contributed by atoms with van der Waals surface area (Å²) in [5.41, 5.74) is 0.629. The molecular weight excluding hydrogens is 492 g/mol. The van der Waals surface area contributed by atoms with Crippen LogP contribution in [0.4, 0.5) is 5.69 Å². The molecule has 1 spiro atoms. The Labute approximate surface area is 231 Å². The van der Waals surface area contributed by atoms with Crippen molar-refractivity contribution >= 4 is 23.4 Å². The molecule has 8 heteroatoms. The Morgan fingerprint density at radius 2 is 1.95 bits per heavy atom. The Morgan fingerprint density at radius 1 is 1.13 bits per heavy atom. The normalized spacial score (nSPS) is 37.4. The number of hydrogen-bond donors (Lipinski definition) is 2. The van der Waals surface area contributed by atoms with Crippen molar-refractivity contribution in [3.05, 3.63) is 42.0 Å². The summed E-state index contributed by atoms with van der Waals surface area (Å²) in [6, 6.07) is 7.18. The van der Waals surface area contributed by atoms with Gasteiger partial charge in [0.1, 0.15) is 11.6 Å². The minimum Gasteiger partial charge on any atom is -0.359 e. The second-order valence-corrected chi connectivity index (χ2v) is 12.4. The lowest BCUT2D eigenvalue weighted by Gasteiger charge is -2.37. The highest BCUT2D eigenvalue weighted by Crippen LogP contribution is 2.55. The minimum absolute atomic E-state index is 0.0975. The standard InChI is InChI=1S/C31H42N4O4/c1-4-34-16-8-12-22(34)18-35-27(29(37)33-23-13-6-5-10-20(23)3)31-15-14-24(39-31)25(26(31)30(35)38)28(36)32-21-11-7-9-19(2)17-21/h7,9,11,14-15,17,20,22-27H,4-6,8,10,12-13,16,18H2,1-3H3,(H,32,36)(H,33,37)/t20-,22-,23-,24-,25-,26-,27+,31+/m1/s1. The number of carbonyl (C=O) groups is 3. The lowest BCUT2D eigenvalue weighted by Crippen LogP contribution is -2.58. The van der Waals surface area contributed by atoms with E-state index >= 15 is 0 Å². The van der Waals surface area contributed by atoms with Crippen LogP contribution in [-0.2, 0) is 19.1 Å². The molecule has 3 amide bonds. The van der Waals surface area contributed by atoms with Crippen molar-refractivity contribution in [3.8, 4) is 0 Å². The largest absolute Gasteiger partial charge is 0.359 e. The van der Waals surface area contributed by atoms with Crippen molar-refractivity contribution in [2.45, 2.75) is 89.1 Å². The van der Waals surface area contributed by atoms with Gasteiger partial charge in [-0.15, -0.1) is 0 Å². The van der Waals surface area contributed by atoms with Crippen molar-refractivity contribution in [2.24, 2.45) is 17.8 Å². The number of likely N-dealkylation sites (N-methyl/N-ethyl adjacent to an activating group) is 1. The Balaban J connectivity index is 1.31. The number of fused-ring (bicyclic) bond motifs is 1. The molecule has 8 atom stereocenters. The van der Waals surface area contributed by atoms with Crippen LogP contribution in [0.25, 0.3) is 0 Å². The molecule has 210 valence electrons. The van der Waals surface area contributed by atoms with Crippen LogP contribution in [0.1, 0.15) is 57.9 Å². The van der Waals surface area contributed by atoms with Crippen LogP contribution in [0.3, 0.4) is 0 Å². The molecule has 0 aromatic heterocycles. The number of benzene rings is 1. The molecular formula is C31H42N4O4. The third-order valence-electron chi connectivity index (χ3n) is 9.96. The molecule has 0 unspecified atom stereocenters. The van der Waals surface area contributed by atoms with Gasteiger partial charge in [-0.1, -0.05) is 51.0 Å². The molecule has 5 aliphatic rings. The van der Waals surface area contributed by atoms with Crippen LogP contribution in [-0.4, -0.2) is 77.0 Å². The Hall–Kier alpha value is -2.71. The maximum atomic E-state index is 14.3. The van der Waals surface area contributed by atoms with Gasteiger partial charge in [-0.25, -0.2) is 0 Å². The number of nitrogens with zero attached hydrogens (tertiary/aromatic N) is 2. The van der Waals surface area contributed by atoms with Gasteiger partial charge in [0.2, 0.25) is 17.7 Å². The number of likely N-dealkylation sites (tertiary alicyclic amines) is 2. The summed E-state index contributed by atoms with van der Waals surface area (Å²) in [5.74, 6) is -1.50. The molecule has 3 saturated heterocycles. The summed E-state index contributed by atoms with van der Waals surface area (Å²) in [6.07, 6.45) is 9.72. The first-order valence-electron chi connectivity index (χ1n) is 14.9. The van der Waals surface area contributed by atoms with Crippen molar-refractivity contribution < 1.29 is 19.1 Å². The summed E-state index contributed by atoms with van der Waals surface area (Å²) in [4.78, 5) is 46.3. The average Bonchev–Trinajstić information content (AvgIpc) is 3.66. The third-order valence-corrected chi connectivity index (χ3v) is 9.96. The van der Waals surface area contributed by atoms with Gasteiger partial charge >= 0.3 is 0 Å². The van der Waals surface area contributed by atoms with Crippen LogP contribution < -0.4 is 10.6 Å². The molecule has 1 aromatic rings. The Morgan fingerprint density at radius 3 is 2.72 bits per heavy atom. The first-order valence-corrected chi connectivity index (χ1v) is 14.9. The zero-order valence-electron chi connectivity index (χ0n) is 23.4. The van der Waals surface area contributed by atoms with E-state index in [0.29, 0.717) is 18.2 Å². The molecule has 8 nitrogen and oxygen atoms in total. The summed E-state index contributed by atoms with van der Waals surface area (Å²) in [5, 5.41) is 6.36. The van der Waals surface area contributed by atoms with Crippen LogP contribution in [0.2, 0.25) is 0 Å². The summed E-state index contributed by atoms with van der Waals surface area (Å²) in [6.45, 7) is 8.73. The molecule has 1 aliphatic carbocycles. The van der Waals surface area contributed by atoms with Gasteiger partial charge in [-0.2, -0.15) is 0 Å². The van der Waals surface area contributed by atoms with Crippen molar-refractivity contribution in [1.82, 2.24) is 15.1 Å². The van der Waals surface area contributed by atoms with E-state index in [1.165, 1.54) is 6.42 Å². The van der Waals surface area contributed by atoms with E-state index in [9.17, 15) is 14.4 Å². The maximum Gasteiger partial charge on any atom is 0.246 e. The van der Waals surface area contributed by atoms with E-state index in [1.807, 2.05) is 43.3 Å². The van der Waals surface area contributed by atoms with Gasteiger partial charge in [0.15, 0.2) is 0 Å². The van der Waals surface area contributed by atoms with Crippen molar-refractivity contribution in [2.75, 3.05) is 25.0 Å². The van der Waals surface area contributed by atoms with Gasteiger partial charge in [0.25, 0.3) is 0 Å². The molecule has 1 aromatic carbocycles. The fourth-order valence-electron chi connectivity index (χ4n) is 7.95. The number of hydrogen-bond acceptors (Lipinski definition) is 5. The Bertz CT molecular complexity index is 1170. The number of anilines is 1. The van der Waals surface area contributed by atoms with E-state index in [-0.39, 0.29) is 29.8 Å². The van der Waals surface area contributed by atoms with E-state index < -0.39 is 29.6 Å². The predicted molar refractivity (Wildman–Crippen MR) is 149 cm³/mol. The zero-order valence-corrected chi connectivity index (χ0v) is 23.4. The van der Waals surface area contributed by atoms with Gasteiger partial charge in [-0.3, -0.25) is 19.3 Å². The average molecular weight is 535 g/mol. The van der Waals surface area contributed by atoms with Gasteiger partial charge in [0, 0.05) is 24.3 Å². The van der Waals surface area contributed by atoms with Crippen molar-refractivity contribution in [1.29, 1.82) is 0 Å². The summed E-state index contributed by atoms with van der Waals surface area (Å²) < 4.78 is 6.54. The summed E-state index contributed by atoms with van der Waals surface area (Å²) in [7, 11) is 0. The SMILES string of the molecule is CCN1CCC[C@@H]1CN1C(=O)[C@H]2[C@H](C(=O)Nc3cccc(C)c3)[C@H]3C=C[C@@]2(O3)[C@@H]1C(=O)N[C@@H]1CCCC[C@H]1C. The third kappa shape index (κ3) is 4.49. The van der Waals surface area contributed by atoms with Gasteiger partial charge in [-0.05, 0) is 69.3 Å². The molecule has 6 rings (SSSR count). The molecule has 2 N–H and O–H groups in total. The quantitative estimate of drug-likeness (QED) is 0.524. The second-order valence-electron chi connectivity index (χ2n) is 12.4. The lowest BCUT2D eigenvalue weighted by molar-refractivity contribution is -0.142. The number of ether oxygens (including phenoxy) is 1. The predicted octanol–water partition coefficient (Wildman–Crippen LogP) is 3.26. The first kappa shape index (κ1) is 26.5. The number of amides is 3. The van der Waals surface area contributed by atoms with Gasteiger partial charge < -0.3 is 20.3 Å². The lowest BCUT2D eigenvalue weighted by atomic mass is 9.74.